The van der Waals surface area contributed by atoms with Crippen molar-refractivity contribution in [3.63, 3.8) is 0 Å². The molecular weight excluding hydrogens is 324 g/mol. The van der Waals surface area contributed by atoms with E-state index in [1.807, 2.05) is 0 Å². The molecule has 7 nitrogen and oxygen atoms in total. The Kier molecular flexibility index (Phi) is 5.28. The molecule has 0 radical (unpaired) electrons. The summed E-state index contributed by atoms with van der Waals surface area (Å²) >= 11 is 0. The Morgan fingerprint density at radius 1 is 0.760 bits per heavy atom. The van der Waals surface area contributed by atoms with Crippen LogP contribution in [0.15, 0.2) is 53.6 Å². The van der Waals surface area contributed by atoms with Crippen molar-refractivity contribution in [1.29, 1.82) is 0 Å². The number of carbonyl (C=O) groups excluding carboxylic acids is 4. The van der Waals surface area contributed by atoms with Crippen molar-refractivity contribution in [2.24, 2.45) is 5.11 Å². The molecule has 2 rings (SSSR count). The summed E-state index contributed by atoms with van der Waals surface area (Å²) in [7, 11) is 0. The second kappa shape index (κ2) is 7.39. The van der Waals surface area contributed by atoms with Gasteiger partial charge in [-0.25, -0.2) is 0 Å². The Balaban J connectivity index is 2.21. The quantitative estimate of drug-likeness (QED) is 0.264. The van der Waals surface area contributed by atoms with E-state index in [4.69, 9.17) is 0 Å². The minimum Gasteiger partial charge on any atom is -0.594 e. The first-order chi connectivity index (χ1) is 11.8. The van der Waals surface area contributed by atoms with Gasteiger partial charge in [0.1, 0.15) is 5.69 Å². The summed E-state index contributed by atoms with van der Waals surface area (Å²) in [5.41, 5.74) is 0.871. The number of rotatable bonds is 6. The van der Waals surface area contributed by atoms with Gasteiger partial charge in [0.05, 0.1) is 0 Å². The maximum absolute atomic E-state index is 12.0. The molecule has 0 heterocycles. The number of carbonyl (C=O) groups is 4. The molecule has 0 saturated carbocycles. The fraction of sp³-hybridized carbons (Fsp3) is 0.111. The van der Waals surface area contributed by atoms with Crippen molar-refractivity contribution in [1.82, 2.24) is 0 Å². The number of azo groups is 1. The van der Waals surface area contributed by atoms with Gasteiger partial charge in [-0.2, -0.15) is 0 Å². The zero-order valence-electron chi connectivity index (χ0n) is 13.6. The van der Waals surface area contributed by atoms with Gasteiger partial charge >= 0.3 is 0 Å². The van der Waals surface area contributed by atoms with Crippen LogP contribution in [0.5, 0.6) is 0 Å². The molecule has 25 heavy (non-hydrogen) atoms. The summed E-state index contributed by atoms with van der Waals surface area (Å²) in [4.78, 5) is 45.5. The second-order valence-corrected chi connectivity index (χ2v) is 5.24. The van der Waals surface area contributed by atoms with E-state index < -0.39 is 23.1 Å². The van der Waals surface area contributed by atoms with E-state index in [0.29, 0.717) is 10.5 Å². The maximum Gasteiger partial charge on any atom is 0.244 e. The largest absolute Gasteiger partial charge is 0.594 e. The fourth-order valence-corrected chi connectivity index (χ4v) is 1.99. The molecule has 0 atom stereocenters. The van der Waals surface area contributed by atoms with E-state index in [2.05, 4.69) is 5.11 Å². The molecular formula is C18H14N2O5. The third-order valence-corrected chi connectivity index (χ3v) is 3.33. The summed E-state index contributed by atoms with van der Waals surface area (Å²) < 4.78 is 0. The van der Waals surface area contributed by atoms with Gasteiger partial charge in [0.2, 0.25) is 17.3 Å². The number of benzene rings is 2. The van der Waals surface area contributed by atoms with Gasteiger partial charge in [-0.3, -0.25) is 19.2 Å². The van der Waals surface area contributed by atoms with Gasteiger partial charge in [-0.1, -0.05) is 4.86 Å². The lowest BCUT2D eigenvalue weighted by molar-refractivity contribution is -0.435. The third kappa shape index (κ3) is 4.29. The Morgan fingerprint density at radius 3 is 1.56 bits per heavy atom. The lowest BCUT2D eigenvalue weighted by Crippen LogP contribution is -2.09. The molecule has 2 aromatic carbocycles. The van der Waals surface area contributed by atoms with Gasteiger partial charge in [0, 0.05) is 42.2 Å². The highest BCUT2D eigenvalue weighted by atomic mass is 16.5. The molecule has 0 aromatic heterocycles. The molecule has 0 amide bonds. The van der Waals surface area contributed by atoms with E-state index >= 15 is 0 Å². The van der Waals surface area contributed by atoms with Crippen LogP contribution in [-0.4, -0.2) is 28.0 Å². The normalized spacial score (nSPS) is 11.0. The molecule has 0 aliphatic heterocycles. The van der Waals surface area contributed by atoms with E-state index in [1.54, 1.807) is 0 Å². The van der Waals surface area contributed by atoms with Crippen LogP contribution in [0.3, 0.4) is 0 Å². The van der Waals surface area contributed by atoms with Gasteiger partial charge in [-0.05, 0) is 36.4 Å². The smallest absolute Gasteiger partial charge is 0.244 e. The van der Waals surface area contributed by atoms with Crippen LogP contribution >= 0.6 is 0 Å². The average molecular weight is 338 g/mol. The molecule has 0 N–H and O–H groups in total. The standard InChI is InChI=1S/C18H14N2O5/c1-11(21)17(23)13-3-7-15(8-4-13)19-20(25)16-9-5-14(6-10-16)18(24)12(2)22/h3-10H,1-2H3. The van der Waals surface area contributed by atoms with E-state index in [0.717, 1.165) is 0 Å². The highest BCUT2D eigenvalue weighted by Crippen LogP contribution is 2.19. The number of hydrogen-bond acceptors (Lipinski definition) is 6. The van der Waals surface area contributed by atoms with E-state index in [9.17, 15) is 24.4 Å². The summed E-state index contributed by atoms with van der Waals surface area (Å²) in [5.74, 6) is -2.41. The van der Waals surface area contributed by atoms with Gasteiger partial charge in [-0.15, -0.1) is 0 Å². The van der Waals surface area contributed by atoms with Crippen molar-refractivity contribution in [3.05, 3.63) is 64.9 Å². The Bertz CT molecular complexity index is 881. The summed E-state index contributed by atoms with van der Waals surface area (Å²) in [6.07, 6.45) is 0. The molecule has 0 fully saturated rings. The summed E-state index contributed by atoms with van der Waals surface area (Å²) in [6, 6.07) is 11.2. The van der Waals surface area contributed by atoms with Gasteiger partial charge in [0.25, 0.3) is 0 Å². The highest BCUT2D eigenvalue weighted by Gasteiger charge is 2.13. The Hall–Kier alpha value is -3.48. The lowest BCUT2D eigenvalue weighted by Gasteiger charge is -2.02. The molecule has 0 aliphatic rings. The zero-order chi connectivity index (χ0) is 18.6. The number of Topliss-reactive ketones (excluding diaryl/α,β-unsaturated/α-hetero) is 4. The van der Waals surface area contributed by atoms with Crippen molar-refractivity contribution >= 4 is 34.5 Å². The first-order valence-corrected chi connectivity index (χ1v) is 7.29. The van der Waals surface area contributed by atoms with Crippen LogP contribution in [-0.2, 0) is 9.59 Å². The number of nitrogens with zero attached hydrogens (tertiary/aromatic N) is 2. The van der Waals surface area contributed by atoms with E-state index in [1.165, 1.54) is 62.4 Å². The summed E-state index contributed by atoms with van der Waals surface area (Å²) in [5, 5.41) is 15.8. The Labute approximate surface area is 143 Å². The SMILES string of the molecule is CC(=O)C(=O)c1ccc(N=[N+]([O-])c2ccc(C(=O)C(C)=O)cc2)cc1. The van der Waals surface area contributed by atoms with Crippen LogP contribution in [0.4, 0.5) is 11.4 Å². The van der Waals surface area contributed by atoms with E-state index in [-0.39, 0.29) is 16.8 Å². The van der Waals surface area contributed by atoms with Crippen LogP contribution < -0.4 is 0 Å². The first kappa shape index (κ1) is 17.9. The van der Waals surface area contributed by atoms with Gasteiger partial charge < -0.3 is 5.21 Å². The molecule has 0 unspecified atom stereocenters. The second-order valence-electron chi connectivity index (χ2n) is 5.24. The average Bonchev–Trinajstić information content (AvgIpc) is 2.61. The first-order valence-electron chi connectivity index (χ1n) is 7.29. The molecule has 0 saturated heterocycles. The monoisotopic (exact) mass is 338 g/mol. The van der Waals surface area contributed by atoms with Crippen molar-refractivity contribution in [3.8, 4) is 0 Å². The van der Waals surface area contributed by atoms with Crippen molar-refractivity contribution in [2.45, 2.75) is 13.8 Å². The number of ketones is 4. The number of hydrogen-bond donors (Lipinski definition) is 0. The van der Waals surface area contributed by atoms with Crippen LogP contribution in [0, 0.1) is 5.21 Å². The highest BCUT2D eigenvalue weighted by molar-refractivity contribution is 6.43. The minimum atomic E-state index is -0.633. The van der Waals surface area contributed by atoms with Crippen LogP contribution in [0.25, 0.3) is 0 Å². The molecule has 0 spiro atoms. The zero-order valence-corrected chi connectivity index (χ0v) is 13.6. The maximum atomic E-state index is 12.0. The topological polar surface area (TPSA) is 107 Å². The van der Waals surface area contributed by atoms with Crippen LogP contribution in [0.2, 0.25) is 0 Å². The summed E-state index contributed by atoms with van der Waals surface area (Å²) in [6.45, 7) is 2.35. The lowest BCUT2D eigenvalue weighted by atomic mass is 10.1. The molecule has 2 aromatic rings. The van der Waals surface area contributed by atoms with Crippen molar-refractivity contribution in [2.75, 3.05) is 0 Å². The molecule has 7 heteroatoms. The fourth-order valence-electron chi connectivity index (χ4n) is 1.99. The molecule has 0 aliphatic carbocycles. The van der Waals surface area contributed by atoms with Crippen LogP contribution in [0.1, 0.15) is 34.6 Å². The van der Waals surface area contributed by atoms with Gasteiger partial charge in [0.15, 0.2) is 11.6 Å². The molecule has 0 bridgehead atoms. The minimum absolute atomic E-state index is 0.170. The van der Waals surface area contributed by atoms with Crippen molar-refractivity contribution < 1.29 is 24.0 Å². The molecule has 126 valence electrons. The third-order valence-electron chi connectivity index (χ3n) is 3.33. The Morgan fingerprint density at radius 2 is 1.16 bits per heavy atom. The predicted octanol–water partition coefficient (Wildman–Crippen LogP) is 3.16. The predicted molar refractivity (Wildman–Crippen MR) is 88.3 cm³/mol.